The average molecular weight is 309 g/mol. The highest BCUT2D eigenvalue weighted by Gasteiger charge is 2.05. The van der Waals surface area contributed by atoms with Gasteiger partial charge in [-0.05, 0) is 29.3 Å². The van der Waals surface area contributed by atoms with Gasteiger partial charge in [-0.1, -0.05) is 36.4 Å². The third-order valence-corrected chi connectivity index (χ3v) is 3.44. The summed E-state index contributed by atoms with van der Waals surface area (Å²) in [4.78, 5) is 4.20. The van der Waals surface area contributed by atoms with Gasteiger partial charge < -0.3 is 9.47 Å². The molecule has 3 aromatic rings. The molecule has 1 heterocycles. The summed E-state index contributed by atoms with van der Waals surface area (Å²) >= 11 is 0. The standard InChI is InChI=1S/C19H16FNO2/c1-22-19-8-7-14(9-18(19)20)13-23-17-10-16(11-21-12-17)15-5-3-2-4-6-15/h2-12H,13H2,1H3. The lowest BCUT2D eigenvalue weighted by Gasteiger charge is -2.09. The number of ether oxygens (including phenoxy) is 2. The van der Waals surface area contributed by atoms with E-state index in [4.69, 9.17) is 9.47 Å². The predicted molar refractivity (Wildman–Crippen MR) is 87.0 cm³/mol. The van der Waals surface area contributed by atoms with Crippen molar-refractivity contribution in [1.82, 2.24) is 4.98 Å². The molecule has 0 fully saturated rings. The summed E-state index contributed by atoms with van der Waals surface area (Å²) in [6.45, 7) is 0.265. The first kappa shape index (κ1) is 15.0. The van der Waals surface area contributed by atoms with Crippen LogP contribution in [0.25, 0.3) is 11.1 Å². The lowest BCUT2D eigenvalue weighted by Crippen LogP contribution is -1.98. The Morgan fingerprint density at radius 2 is 1.78 bits per heavy atom. The predicted octanol–water partition coefficient (Wildman–Crippen LogP) is 4.48. The summed E-state index contributed by atoms with van der Waals surface area (Å²) < 4.78 is 24.3. The van der Waals surface area contributed by atoms with E-state index in [-0.39, 0.29) is 12.4 Å². The molecule has 116 valence electrons. The Hall–Kier alpha value is -2.88. The zero-order valence-electron chi connectivity index (χ0n) is 12.7. The summed E-state index contributed by atoms with van der Waals surface area (Å²) in [7, 11) is 1.44. The van der Waals surface area contributed by atoms with Gasteiger partial charge in [-0.25, -0.2) is 4.39 Å². The summed E-state index contributed by atoms with van der Waals surface area (Å²) in [5, 5.41) is 0. The van der Waals surface area contributed by atoms with E-state index in [1.807, 2.05) is 36.4 Å². The molecular weight excluding hydrogens is 293 g/mol. The van der Waals surface area contributed by atoms with Crippen LogP contribution in [-0.4, -0.2) is 12.1 Å². The van der Waals surface area contributed by atoms with Crippen molar-refractivity contribution in [3.05, 3.63) is 78.4 Å². The lowest BCUT2D eigenvalue weighted by atomic mass is 10.1. The van der Waals surface area contributed by atoms with Crippen molar-refractivity contribution < 1.29 is 13.9 Å². The first-order chi connectivity index (χ1) is 11.3. The Kier molecular flexibility index (Phi) is 4.52. The van der Waals surface area contributed by atoms with Crippen LogP contribution in [0.5, 0.6) is 11.5 Å². The number of hydrogen-bond acceptors (Lipinski definition) is 3. The average Bonchev–Trinajstić information content (AvgIpc) is 2.61. The second-order valence-electron chi connectivity index (χ2n) is 5.03. The number of pyridine rings is 1. The summed E-state index contributed by atoms with van der Waals surface area (Å²) in [5.74, 6) is 0.467. The van der Waals surface area contributed by atoms with Crippen molar-refractivity contribution >= 4 is 0 Å². The molecule has 0 spiro atoms. The third kappa shape index (κ3) is 3.66. The number of halogens is 1. The maximum Gasteiger partial charge on any atom is 0.165 e. The van der Waals surface area contributed by atoms with Crippen LogP contribution >= 0.6 is 0 Å². The van der Waals surface area contributed by atoms with Gasteiger partial charge in [-0.15, -0.1) is 0 Å². The minimum atomic E-state index is -0.398. The number of methoxy groups -OCH3 is 1. The highest BCUT2D eigenvalue weighted by Crippen LogP contribution is 2.23. The number of hydrogen-bond donors (Lipinski definition) is 0. The Morgan fingerprint density at radius 3 is 2.52 bits per heavy atom. The molecule has 0 aliphatic rings. The molecule has 0 amide bonds. The molecule has 0 aliphatic carbocycles. The second-order valence-corrected chi connectivity index (χ2v) is 5.03. The minimum absolute atomic E-state index is 0.224. The molecule has 0 unspecified atom stereocenters. The number of rotatable bonds is 5. The van der Waals surface area contributed by atoms with E-state index in [1.54, 1.807) is 24.5 Å². The summed E-state index contributed by atoms with van der Waals surface area (Å²) in [6.07, 6.45) is 3.43. The van der Waals surface area contributed by atoms with Crippen LogP contribution in [0.2, 0.25) is 0 Å². The van der Waals surface area contributed by atoms with Gasteiger partial charge in [-0.2, -0.15) is 0 Å². The van der Waals surface area contributed by atoms with E-state index in [9.17, 15) is 4.39 Å². The van der Waals surface area contributed by atoms with E-state index in [1.165, 1.54) is 13.2 Å². The van der Waals surface area contributed by atoms with Gasteiger partial charge in [-0.3, -0.25) is 4.98 Å². The molecule has 1 aromatic heterocycles. The number of aromatic nitrogens is 1. The van der Waals surface area contributed by atoms with Crippen molar-refractivity contribution in [3.8, 4) is 22.6 Å². The highest BCUT2D eigenvalue weighted by atomic mass is 19.1. The van der Waals surface area contributed by atoms with E-state index >= 15 is 0 Å². The quantitative estimate of drug-likeness (QED) is 0.696. The van der Waals surface area contributed by atoms with Crippen LogP contribution in [-0.2, 0) is 6.61 Å². The van der Waals surface area contributed by atoms with Gasteiger partial charge in [0.2, 0.25) is 0 Å². The molecule has 0 N–H and O–H groups in total. The fraction of sp³-hybridized carbons (Fsp3) is 0.105. The second kappa shape index (κ2) is 6.92. The van der Waals surface area contributed by atoms with E-state index < -0.39 is 5.82 Å². The van der Waals surface area contributed by atoms with Crippen molar-refractivity contribution in [2.45, 2.75) is 6.61 Å². The summed E-state index contributed by atoms with van der Waals surface area (Å²) in [5.41, 5.74) is 2.78. The normalized spacial score (nSPS) is 10.3. The highest BCUT2D eigenvalue weighted by molar-refractivity contribution is 5.63. The third-order valence-electron chi connectivity index (χ3n) is 3.44. The van der Waals surface area contributed by atoms with E-state index in [0.717, 1.165) is 16.7 Å². The fourth-order valence-electron chi connectivity index (χ4n) is 2.25. The van der Waals surface area contributed by atoms with Crippen LogP contribution in [0.15, 0.2) is 67.0 Å². The topological polar surface area (TPSA) is 31.4 Å². The molecule has 0 aliphatic heterocycles. The van der Waals surface area contributed by atoms with Gasteiger partial charge in [0.25, 0.3) is 0 Å². The molecule has 4 heteroatoms. The number of nitrogens with zero attached hydrogens (tertiary/aromatic N) is 1. The zero-order chi connectivity index (χ0) is 16.1. The zero-order valence-corrected chi connectivity index (χ0v) is 12.7. The number of benzene rings is 2. The molecule has 3 nitrogen and oxygen atoms in total. The van der Waals surface area contributed by atoms with E-state index in [2.05, 4.69) is 4.98 Å². The first-order valence-electron chi connectivity index (χ1n) is 7.22. The van der Waals surface area contributed by atoms with Crippen molar-refractivity contribution in [2.75, 3.05) is 7.11 Å². The lowest BCUT2D eigenvalue weighted by molar-refractivity contribution is 0.303. The summed E-state index contributed by atoms with van der Waals surface area (Å²) in [6, 6.07) is 16.6. The fourth-order valence-corrected chi connectivity index (χ4v) is 2.25. The molecule has 0 atom stereocenters. The van der Waals surface area contributed by atoms with Crippen LogP contribution in [0.3, 0.4) is 0 Å². The minimum Gasteiger partial charge on any atom is -0.494 e. The first-order valence-corrected chi connectivity index (χ1v) is 7.22. The Bertz CT molecular complexity index is 790. The van der Waals surface area contributed by atoms with Crippen LogP contribution in [0.1, 0.15) is 5.56 Å². The molecule has 0 saturated heterocycles. The maximum atomic E-state index is 13.7. The monoisotopic (exact) mass is 309 g/mol. The van der Waals surface area contributed by atoms with Crippen LogP contribution < -0.4 is 9.47 Å². The van der Waals surface area contributed by atoms with Crippen molar-refractivity contribution in [3.63, 3.8) is 0 Å². The Balaban J connectivity index is 1.73. The molecule has 23 heavy (non-hydrogen) atoms. The Morgan fingerprint density at radius 1 is 0.957 bits per heavy atom. The molecule has 0 saturated carbocycles. The largest absolute Gasteiger partial charge is 0.494 e. The Labute approximate surface area is 134 Å². The smallest absolute Gasteiger partial charge is 0.165 e. The van der Waals surface area contributed by atoms with Crippen molar-refractivity contribution in [2.24, 2.45) is 0 Å². The van der Waals surface area contributed by atoms with Crippen molar-refractivity contribution in [1.29, 1.82) is 0 Å². The van der Waals surface area contributed by atoms with Gasteiger partial charge in [0, 0.05) is 11.8 Å². The van der Waals surface area contributed by atoms with E-state index in [0.29, 0.717) is 5.75 Å². The molecule has 3 rings (SSSR count). The molecular formula is C19H16FNO2. The SMILES string of the molecule is COc1ccc(COc2cncc(-c3ccccc3)c2)cc1F. The van der Waals surface area contributed by atoms with Crippen LogP contribution in [0, 0.1) is 5.82 Å². The van der Waals surface area contributed by atoms with Gasteiger partial charge >= 0.3 is 0 Å². The van der Waals surface area contributed by atoms with Gasteiger partial charge in [0.1, 0.15) is 12.4 Å². The molecule has 0 bridgehead atoms. The maximum absolute atomic E-state index is 13.7. The van der Waals surface area contributed by atoms with Crippen LogP contribution in [0.4, 0.5) is 4.39 Å². The molecule has 0 radical (unpaired) electrons. The van der Waals surface area contributed by atoms with Gasteiger partial charge in [0.05, 0.1) is 13.3 Å². The van der Waals surface area contributed by atoms with Gasteiger partial charge in [0.15, 0.2) is 11.6 Å². The molecule has 2 aromatic carbocycles.